The zero-order valence-electron chi connectivity index (χ0n) is 12.4. The van der Waals surface area contributed by atoms with E-state index in [1.165, 1.54) is 25.7 Å². The van der Waals surface area contributed by atoms with Crippen molar-refractivity contribution in [3.05, 3.63) is 34.3 Å². The molecule has 110 valence electrons. The molecule has 1 aromatic rings. The van der Waals surface area contributed by atoms with E-state index in [-0.39, 0.29) is 5.78 Å². The fourth-order valence-electron chi connectivity index (χ4n) is 2.95. The third-order valence-electron chi connectivity index (χ3n) is 4.45. The first kappa shape index (κ1) is 15.7. The zero-order valence-corrected chi connectivity index (χ0v) is 14.0. The second-order valence-corrected chi connectivity index (χ2v) is 6.99. The number of carbonyl (C=O) groups is 1. The summed E-state index contributed by atoms with van der Waals surface area (Å²) in [6, 6.07) is 8.34. The lowest BCUT2D eigenvalue weighted by Crippen LogP contribution is -2.36. The van der Waals surface area contributed by atoms with Crippen LogP contribution in [0.5, 0.6) is 0 Å². The van der Waals surface area contributed by atoms with Gasteiger partial charge in [0.05, 0.1) is 0 Å². The largest absolute Gasteiger partial charge is 0.303 e. The van der Waals surface area contributed by atoms with E-state index >= 15 is 0 Å². The average molecular weight is 338 g/mol. The number of rotatable bonds is 5. The van der Waals surface area contributed by atoms with E-state index < -0.39 is 0 Å². The van der Waals surface area contributed by atoms with Gasteiger partial charge in [0, 0.05) is 29.0 Å². The molecule has 1 saturated carbocycles. The van der Waals surface area contributed by atoms with E-state index in [0.717, 1.165) is 22.5 Å². The Kier molecular flexibility index (Phi) is 5.79. The van der Waals surface area contributed by atoms with Crippen LogP contribution in [0.25, 0.3) is 0 Å². The van der Waals surface area contributed by atoms with Gasteiger partial charge in [-0.25, -0.2) is 0 Å². The number of Topliss-reactive ketones (excluding diaryl/α,β-unsaturated/α-hetero) is 1. The Morgan fingerprint density at radius 2 is 2.00 bits per heavy atom. The molecule has 0 radical (unpaired) electrons. The van der Waals surface area contributed by atoms with Crippen LogP contribution in [0, 0.1) is 5.92 Å². The lowest BCUT2D eigenvalue weighted by molar-refractivity contribution is 0.0947. The Bertz CT molecular complexity index is 452. The first-order valence-electron chi connectivity index (χ1n) is 7.55. The molecule has 0 aromatic heterocycles. The molecular weight excluding hydrogens is 314 g/mol. The minimum absolute atomic E-state index is 0.238. The molecule has 2 rings (SSSR count). The van der Waals surface area contributed by atoms with Gasteiger partial charge in [0.15, 0.2) is 5.78 Å². The van der Waals surface area contributed by atoms with Crippen molar-refractivity contribution in [1.82, 2.24) is 4.90 Å². The number of hydrogen-bond donors (Lipinski definition) is 0. The van der Waals surface area contributed by atoms with Gasteiger partial charge in [-0.3, -0.25) is 4.79 Å². The molecule has 1 aromatic carbocycles. The highest BCUT2D eigenvalue weighted by molar-refractivity contribution is 9.10. The lowest BCUT2D eigenvalue weighted by Gasteiger charge is -2.33. The summed E-state index contributed by atoms with van der Waals surface area (Å²) >= 11 is 3.42. The molecule has 1 aliphatic rings. The molecular formula is C17H24BrNO. The molecule has 0 bridgehead atoms. The standard InChI is InChI=1S/C17H24BrNO/c1-13-6-8-16(9-7-13)19(2)11-10-17(20)14-4-3-5-15(18)12-14/h3-5,12-13,16H,6-11H2,1-2H3. The Morgan fingerprint density at radius 1 is 1.30 bits per heavy atom. The SMILES string of the molecule is CC1CCC(N(C)CCC(=O)c2cccc(Br)c2)CC1. The number of ketones is 1. The molecule has 0 N–H and O–H groups in total. The molecule has 20 heavy (non-hydrogen) atoms. The Morgan fingerprint density at radius 3 is 2.65 bits per heavy atom. The fraction of sp³-hybridized carbons (Fsp3) is 0.588. The van der Waals surface area contributed by atoms with Gasteiger partial charge in [0.2, 0.25) is 0 Å². The number of halogens is 1. The first-order valence-corrected chi connectivity index (χ1v) is 8.34. The van der Waals surface area contributed by atoms with Gasteiger partial charge in [0.1, 0.15) is 0 Å². The van der Waals surface area contributed by atoms with E-state index in [9.17, 15) is 4.79 Å². The summed E-state index contributed by atoms with van der Waals surface area (Å²) in [6.45, 7) is 3.21. The summed E-state index contributed by atoms with van der Waals surface area (Å²) in [7, 11) is 2.16. The summed E-state index contributed by atoms with van der Waals surface area (Å²) < 4.78 is 0.970. The second kappa shape index (κ2) is 7.37. The normalized spacial score (nSPS) is 23.0. The molecule has 0 spiro atoms. The number of nitrogens with zero attached hydrogens (tertiary/aromatic N) is 1. The van der Waals surface area contributed by atoms with E-state index in [1.54, 1.807) is 0 Å². The Labute approximate surface area is 130 Å². The fourth-order valence-corrected chi connectivity index (χ4v) is 3.35. The third kappa shape index (κ3) is 4.42. The number of hydrogen-bond acceptors (Lipinski definition) is 2. The maximum Gasteiger partial charge on any atom is 0.164 e. The first-order chi connectivity index (χ1) is 9.56. The van der Waals surface area contributed by atoms with E-state index in [2.05, 4.69) is 34.8 Å². The van der Waals surface area contributed by atoms with Gasteiger partial charge >= 0.3 is 0 Å². The van der Waals surface area contributed by atoms with Crippen molar-refractivity contribution in [2.75, 3.05) is 13.6 Å². The zero-order chi connectivity index (χ0) is 14.5. The number of benzene rings is 1. The summed E-state index contributed by atoms with van der Waals surface area (Å²) in [4.78, 5) is 14.6. The van der Waals surface area contributed by atoms with Crippen LogP contribution in [0.1, 0.15) is 49.4 Å². The summed E-state index contributed by atoms with van der Waals surface area (Å²) in [6.07, 6.45) is 5.83. The maximum atomic E-state index is 12.2. The molecule has 0 saturated heterocycles. The Hall–Kier alpha value is -0.670. The van der Waals surface area contributed by atoms with Crippen molar-refractivity contribution in [2.45, 2.75) is 45.1 Å². The summed E-state index contributed by atoms with van der Waals surface area (Å²) in [5, 5.41) is 0. The van der Waals surface area contributed by atoms with Gasteiger partial charge in [-0.15, -0.1) is 0 Å². The predicted octanol–water partition coefficient (Wildman–Crippen LogP) is 4.53. The van der Waals surface area contributed by atoms with Crippen molar-refractivity contribution in [3.63, 3.8) is 0 Å². The highest BCUT2D eigenvalue weighted by atomic mass is 79.9. The molecule has 3 heteroatoms. The van der Waals surface area contributed by atoms with Gasteiger partial charge in [0.25, 0.3) is 0 Å². The Balaban J connectivity index is 1.81. The molecule has 0 amide bonds. The van der Waals surface area contributed by atoms with Crippen LogP contribution in [0.2, 0.25) is 0 Å². The predicted molar refractivity (Wildman–Crippen MR) is 87.1 cm³/mol. The molecule has 0 aliphatic heterocycles. The quantitative estimate of drug-likeness (QED) is 0.735. The van der Waals surface area contributed by atoms with E-state index in [1.807, 2.05) is 24.3 Å². The van der Waals surface area contributed by atoms with Crippen LogP contribution in [-0.2, 0) is 0 Å². The van der Waals surface area contributed by atoms with Gasteiger partial charge < -0.3 is 4.90 Å². The van der Waals surface area contributed by atoms with Crippen LogP contribution in [0.3, 0.4) is 0 Å². The second-order valence-electron chi connectivity index (χ2n) is 6.08. The molecule has 0 atom stereocenters. The molecule has 0 heterocycles. The highest BCUT2D eigenvalue weighted by Crippen LogP contribution is 2.26. The minimum Gasteiger partial charge on any atom is -0.303 e. The van der Waals surface area contributed by atoms with E-state index in [0.29, 0.717) is 12.5 Å². The van der Waals surface area contributed by atoms with Crippen molar-refractivity contribution < 1.29 is 4.79 Å². The minimum atomic E-state index is 0.238. The monoisotopic (exact) mass is 337 g/mol. The maximum absolute atomic E-state index is 12.2. The number of carbonyl (C=O) groups excluding carboxylic acids is 1. The van der Waals surface area contributed by atoms with Crippen LogP contribution in [-0.4, -0.2) is 30.3 Å². The van der Waals surface area contributed by atoms with Gasteiger partial charge in [-0.05, 0) is 50.8 Å². The molecule has 1 fully saturated rings. The summed E-state index contributed by atoms with van der Waals surface area (Å²) in [5.41, 5.74) is 0.810. The van der Waals surface area contributed by atoms with Crippen molar-refractivity contribution >= 4 is 21.7 Å². The van der Waals surface area contributed by atoms with Crippen LogP contribution in [0.15, 0.2) is 28.7 Å². The van der Waals surface area contributed by atoms with Crippen molar-refractivity contribution in [3.8, 4) is 0 Å². The van der Waals surface area contributed by atoms with Crippen molar-refractivity contribution in [1.29, 1.82) is 0 Å². The molecule has 2 nitrogen and oxygen atoms in total. The van der Waals surface area contributed by atoms with E-state index in [4.69, 9.17) is 0 Å². The smallest absolute Gasteiger partial charge is 0.164 e. The van der Waals surface area contributed by atoms with Gasteiger partial charge in [-0.2, -0.15) is 0 Å². The lowest BCUT2D eigenvalue weighted by atomic mass is 9.86. The van der Waals surface area contributed by atoms with Crippen molar-refractivity contribution in [2.24, 2.45) is 5.92 Å². The van der Waals surface area contributed by atoms with Crippen LogP contribution >= 0.6 is 15.9 Å². The third-order valence-corrected chi connectivity index (χ3v) is 4.94. The van der Waals surface area contributed by atoms with Crippen LogP contribution < -0.4 is 0 Å². The van der Waals surface area contributed by atoms with Crippen LogP contribution in [0.4, 0.5) is 0 Å². The highest BCUT2D eigenvalue weighted by Gasteiger charge is 2.21. The molecule has 0 unspecified atom stereocenters. The summed E-state index contributed by atoms with van der Waals surface area (Å²) in [5.74, 6) is 1.12. The average Bonchev–Trinajstić information content (AvgIpc) is 2.45. The van der Waals surface area contributed by atoms with Gasteiger partial charge in [-0.1, -0.05) is 35.0 Å². The molecule has 1 aliphatic carbocycles. The topological polar surface area (TPSA) is 20.3 Å².